The zero-order valence-corrected chi connectivity index (χ0v) is 14.3. The smallest absolute Gasteiger partial charge is 0.377 e. The topological polar surface area (TPSA) is 70.7 Å². The number of amides is 3. The first-order chi connectivity index (χ1) is 11.8. The van der Waals surface area contributed by atoms with Gasteiger partial charge in [0.15, 0.2) is 0 Å². The fourth-order valence-electron chi connectivity index (χ4n) is 2.48. The number of thiophene rings is 1. The van der Waals surface area contributed by atoms with Crippen LogP contribution in [0, 0.1) is 0 Å². The minimum absolute atomic E-state index is 0.0202. The molecule has 0 bridgehead atoms. The maximum absolute atomic E-state index is 12.1. The Kier molecular flexibility index (Phi) is 7.21. The normalized spacial score (nSPS) is 17.7. The lowest BCUT2D eigenvalue weighted by atomic mass is 10.2. The standard InChI is InChI=1S/C15H20F3N3O3S/c16-15(17,18)10-19-14(23)20-13(22)9-21(7-11-3-1-5-24-11)8-12-4-2-6-25-12/h2,4,6,11H,1,3,5,7-10H2,(H2,19,20,22,23). The first-order valence-electron chi connectivity index (χ1n) is 7.82. The molecule has 0 aromatic carbocycles. The van der Waals surface area contributed by atoms with Gasteiger partial charge in [-0.15, -0.1) is 11.3 Å². The van der Waals surface area contributed by atoms with Crippen LogP contribution >= 0.6 is 11.3 Å². The Hall–Kier alpha value is -1.65. The number of carbonyl (C=O) groups is 2. The molecule has 2 heterocycles. The predicted octanol–water partition coefficient (Wildman–Crippen LogP) is 2.12. The molecule has 0 aliphatic carbocycles. The lowest BCUT2D eigenvalue weighted by Gasteiger charge is -2.24. The number of ether oxygens (including phenoxy) is 1. The van der Waals surface area contributed by atoms with E-state index in [2.05, 4.69) is 0 Å². The van der Waals surface area contributed by atoms with E-state index in [1.807, 2.05) is 27.7 Å². The summed E-state index contributed by atoms with van der Waals surface area (Å²) in [4.78, 5) is 26.2. The third-order valence-corrected chi connectivity index (χ3v) is 4.38. The van der Waals surface area contributed by atoms with E-state index in [-0.39, 0.29) is 12.6 Å². The summed E-state index contributed by atoms with van der Waals surface area (Å²) in [6.07, 6.45) is -2.64. The van der Waals surface area contributed by atoms with Crippen LogP contribution < -0.4 is 10.6 Å². The second-order valence-electron chi connectivity index (χ2n) is 5.73. The molecular weight excluding hydrogens is 359 g/mol. The molecule has 140 valence electrons. The number of alkyl halides is 3. The van der Waals surface area contributed by atoms with Crippen molar-refractivity contribution in [2.45, 2.75) is 31.7 Å². The van der Waals surface area contributed by atoms with Crippen molar-refractivity contribution in [3.8, 4) is 0 Å². The van der Waals surface area contributed by atoms with Gasteiger partial charge in [0.05, 0.1) is 12.6 Å². The highest BCUT2D eigenvalue weighted by Gasteiger charge is 2.28. The maximum Gasteiger partial charge on any atom is 0.405 e. The number of nitrogens with zero attached hydrogens (tertiary/aromatic N) is 1. The van der Waals surface area contributed by atoms with Gasteiger partial charge in [-0.1, -0.05) is 6.07 Å². The lowest BCUT2D eigenvalue weighted by Crippen LogP contribution is -2.47. The fourth-order valence-corrected chi connectivity index (χ4v) is 3.22. The van der Waals surface area contributed by atoms with Crippen LogP contribution in [0.4, 0.5) is 18.0 Å². The van der Waals surface area contributed by atoms with Crippen molar-refractivity contribution in [3.05, 3.63) is 22.4 Å². The van der Waals surface area contributed by atoms with Crippen molar-refractivity contribution >= 4 is 23.3 Å². The Bertz CT molecular complexity index is 560. The third kappa shape index (κ3) is 7.84. The van der Waals surface area contributed by atoms with Crippen LogP contribution in [0.2, 0.25) is 0 Å². The molecule has 2 rings (SSSR count). The van der Waals surface area contributed by atoms with Gasteiger partial charge < -0.3 is 10.1 Å². The van der Waals surface area contributed by atoms with Crippen LogP contribution in [0.1, 0.15) is 17.7 Å². The van der Waals surface area contributed by atoms with E-state index < -0.39 is 24.7 Å². The second kappa shape index (κ2) is 9.16. The van der Waals surface area contributed by atoms with Gasteiger partial charge in [-0.3, -0.25) is 15.0 Å². The molecular formula is C15H20F3N3O3S. The Morgan fingerprint density at radius 2 is 2.20 bits per heavy atom. The molecule has 1 aliphatic heterocycles. The highest BCUT2D eigenvalue weighted by Crippen LogP contribution is 2.17. The highest BCUT2D eigenvalue weighted by atomic mass is 32.1. The number of hydrogen-bond donors (Lipinski definition) is 2. The summed E-state index contributed by atoms with van der Waals surface area (Å²) in [6.45, 7) is 0.131. The summed E-state index contributed by atoms with van der Waals surface area (Å²) in [7, 11) is 0. The summed E-state index contributed by atoms with van der Waals surface area (Å²) >= 11 is 1.54. The van der Waals surface area contributed by atoms with E-state index >= 15 is 0 Å². The van der Waals surface area contributed by atoms with Gasteiger partial charge in [0.25, 0.3) is 0 Å². The summed E-state index contributed by atoms with van der Waals surface area (Å²) in [5, 5.41) is 5.45. The molecule has 1 fully saturated rings. The monoisotopic (exact) mass is 379 g/mol. The third-order valence-electron chi connectivity index (χ3n) is 3.51. The quantitative estimate of drug-likeness (QED) is 0.761. The lowest BCUT2D eigenvalue weighted by molar-refractivity contribution is -0.125. The van der Waals surface area contributed by atoms with Gasteiger partial charge in [-0.2, -0.15) is 13.2 Å². The summed E-state index contributed by atoms with van der Waals surface area (Å²) in [5.74, 6) is -0.658. The summed E-state index contributed by atoms with van der Waals surface area (Å²) < 4.78 is 41.7. The van der Waals surface area contributed by atoms with E-state index in [1.54, 1.807) is 16.7 Å². The van der Waals surface area contributed by atoms with Gasteiger partial charge in [0, 0.05) is 24.6 Å². The van der Waals surface area contributed by atoms with Crippen molar-refractivity contribution in [2.24, 2.45) is 0 Å². The Morgan fingerprint density at radius 1 is 1.40 bits per heavy atom. The van der Waals surface area contributed by atoms with Crippen LogP contribution in [0.15, 0.2) is 17.5 Å². The molecule has 25 heavy (non-hydrogen) atoms. The average molecular weight is 379 g/mol. The van der Waals surface area contributed by atoms with Crippen LogP contribution in [-0.2, 0) is 16.1 Å². The van der Waals surface area contributed by atoms with Crippen LogP contribution in [-0.4, -0.2) is 55.4 Å². The van der Waals surface area contributed by atoms with E-state index in [1.165, 1.54) is 0 Å². The predicted molar refractivity (Wildman–Crippen MR) is 86.2 cm³/mol. The van der Waals surface area contributed by atoms with Gasteiger partial charge >= 0.3 is 12.2 Å². The Morgan fingerprint density at radius 3 is 2.80 bits per heavy atom. The van der Waals surface area contributed by atoms with Gasteiger partial charge in [0.1, 0.15) is 6.54 Å². The van der Waals surface area contributed by atoms with E-state index in [0.717, 1.165) is 17.7 Å². The van der Waals surface area contributed by atoms with Crippen molar-refractivity contribution in [2.75, 3.05) is 26.2 Å². The molecule has 3 amide bonds. The SMILES string of the molecule is O=C(CN(Cc1cccs1)CC1CCCO1)NC(=O)NCC(F)(F)F. The summed E-state index contributed by atoms with van der Waals surface area (Å²) in [6, 6.07) is 2.67. The zero-order valence-electron chi connectivity index (χ0n) is 13.5. The van der Waals surface area contributed by atoms with Crippen LogP contribution in [0.3, 0.4) is 0 Å². The first-order valence-corrected chi connectivity index (χ1v) is 8.70. The number of rotatable bonds is 7. The minimum Gasteiger partial charge on any atom is -0.377 e. The maximum atomic E-state index is 12.1. The molecule has 1 aliphatic rings. The number of hydrogen-bond acceptors (Lipinski definition) is 5. The number of halogens is 3. The van der Waals surface area contributed by atoms with Crippen molar-refractivity contribution in [3.63, 3.8) is 0 Å². The Labute approximate surface area is 147 Å². The molecule has 1 unspecified atom stereocenters. The molecule has 10 heteroatoms. The van der Waals surface area contributed by atoms with Crippen LogP contribution in [0.25, 0.3) is 0 Å². The average Bonchev–Trinajstić information content (AvgIpc) is 3.18. The molecule has 1 atom stereocenters. The molecule has 0 saturated carbocycles. The number of imide groups is 1. The van der Waals surface area contributed by atoms with E-state index in [4.69, 9.17) is 4.74 Å². The molecule has 1 aromatic heterocycles. The van der Waals surface area contributed by atoms with E-state index in [0.29, 0.717) is 19.7 Å². The fraction of sp³-hybridized carbons (Fsp3) is 0.600. The van der Waals surface area contributed by atoms with Gasteiger partial charge in [-0.25, -0.2) is 4.79 Å². The number of urea groups is 1. The molecule has 0 radical (unpaired) electrons. The molecule has 6 nitrogen and oxygen atoms in total. The number of nitrogens with one attached hydrogen (secondary N) is 2. The number of carbonyl (C=O) groups excluding carboxylic acids is 2. The van der Waals surface area contributed by atoms with Gasteiger partial charge in [-0.05, 0) is 24.3 Å². The first kappa shape index (κ1) is 19.7. The van der Waals surface area contributed by atoms with Crippen molar-refractivity contribution in [1.82, 2.24) is 15.5 Å². The molecule has 2 N–H and O–H groups in total. The van der Waals surface area contributed by atoms with Crippen molar-refractivity contribution < 1.29 is 27.5 Å². The van der Waals surface area contributed by atoms with Gasteiger partial charge in [0.2, 0.25) is 5.91 Å². The molecule has 1 saturated heterocycles. The second-order valence-corrected chi connectivity index (χ2v) is 6.76. The summed E-state index contributed by atoms with van der Waals surface area (Å²) in [5.41, 5.74) is 0. The van der Waals surface area contributed by atoms with Crippen molar-refractivity contribution in [1.29, 1.82) is 0 Å². The van der Waals surface area contributed by atoms with Crippen LogP contribution in [0.5, 0.6) is 0 Å². The minimum atomic E-state index is -4.52. The zero-order chi connectivity index (χ0) is 18.3. The highest BCUT2D eigenvalue weighted by molar-refractivity contribution is 7.09. The van der Waals surface area contributed by atoms with E-state index in [9.17, 15) is 22.8 Å². The molecule has 1 aromatic rings. The molecule has 0 spiro atoms. The largest absolute Gasteiger partial charge is 0.405 e. The Balaban J connectivity index is 1.83.